The molecule has 0 atom stereocenters. The van der Waals surface area contributed by atoms with Crippen LogP contribution in [0, 0.1) is 0 Å². The van der Waals surface area contributed by atoms with Gasteiger partial charge in [0.2, 0.25) is 0 Å². The van der Waals surface area contributed by atoms with Gasteiger partial charge in [0.15, 0.2) is 0 Å². The number of para-hydroxylation sites is 4. The van der Waals surface area contributed by atoms with Crippen LogP contribution in [0.5, 0.6) is 0 Å². The fraction of sp³-hybridized carbons (Fsp3) is 0. The Morgan fingerprint density at radius 1 is 0.365 bits per heavy atom. The molecular formula is C48H28N2OS. The monoisotopic (exact) mass is 680 g/mol. The Kier molecular flexibility index (Phi) is 5.65. The number of hydrogen-bond acceptors (Lipinski definition) is 2. The second kappa shape index (κ2) is 10.5. The summed E-state index contributed by atoms with van der Waals surface area (Å²) in [6.45, 7) is 0. The molecule has 4 heteroatoms. The van der Waals surface area contributed by atoms with E-state index >= 15 is 0 Å². The van der Waals surface area contributed by atoms with E-state index in [1.54, 1.807) is 0 Å². The molecule has 0 saturated carbocycles. The van der Waals surface area contributed by atoms with Crippen LogP contribution in [0.25, 0.3) is 108 Å². The molecule has 0 aliphatic heterocycles. The number of fused-ring (bicyclic) bond motifs is 13. The predicted molar refractivity (Wildman–Crippen MR) is 221 cm³/mol. The topological polar surface area (TPSA) is 23.0 Å². The summed E-state index contributed by atoms with van der Waals surface area (Å²) in [6.07, 6.45) is 0. The highest BCUT2D eigenvalue weighted by molar-refractivity contribution is 7.26. The summed E-state index contributed by atoms with van der Waals surface area (Å²) in [6, 6.07) is 61.7. The Balaban J connectivity index is 1.04. The van der Waals surface area contributed by atoms with Gasteiger partial charge in [0.25, 0.3) is 0 Å². The van der Waals surface area contributed by atoms with Crippen molar-refractivity contribution in [2.75, 3.05) is 0 Å². The van der Waals surface area contributed by atoms with E-state index in [2.05, 4.69) is 173 Å². The first-order valence-electron chi connectivity index (χ1n) is 17.7. The number of aromatic nitrogens is 2. The number of furan rings is 1. The zero-order valence-corrected chi connectivity index (χ0v) is 28.7. The zero-order chi connectivity index (χ0) is 33.9. The van der Waals surface area contributed by atoms with E-state index in [1.807, 2.05) is 17.4 Å². The van der Waals surface area contributed by atoms with Crippen molar-refractivity contribution >= 4 is 97.1 Å². The first kappa shape index (κ1) is 28.1. The Labute approximate surface area is 301 Å². The molecule has 242 valence electrons. The molecule has 0 N–H and O–H groups in total. The smallest absolute Gasteiger partial charge is 0.136 e. The minimum absolute atomic E-state index is 0.937. The van der Waals surface area contributed by atoms with E-state index in [1.165, 1.54) is 97.1 Å². The van der Waals surface area contributed by atoms with E-state index < -0.39 is 0 Å². The summed E-state index contributed by atoms with van der Waals surface area (Å²) in [5.74, 6) is 0. The van der Waals surface area contributed by atoms with Crippen LogP contribution < -0.4 is 0 Å². The van der Waals surface area contributed by atoms with Crippen molar-refractivity contribution in [3.63, 3.8) is 0 Å². The molecule has 0 bridgehead atoms. The van der Waals surface area contributed by atoms with Crippen molar-refractivity contribution in [3.8, 4) is 22.5 Å². The quantitative estimate of drug-likeness (QED) is 0.182. The molecule has 0 fully saturated rings. The Hall–Kier alpha value is -6.62. The van der Waals surface area contributed by atoms with Crippen LogP contribution in [0.4, 0.5) is 0 Å². The fourth-order valence-electron chi connectivity index (χ4n) is 8.61. The lowest BCUT2D eigenvalue weighted by atomic mass is 10.0. The van der Waals surface area contributed by atoms with Gasteiger partial charge in [-0.1, -0.05) is 91.0 Å². The highest BCUT2D eigenvalue weighted by Gasteiger charge is 2.18. The molecule has 0 radical (unpaired) electrons. The molecule has 0 unspecified atom stereocenters. The maximum atomic E-state index is 6.24. The lowest BCUT2D eigenvalue weighted by molar-refractivity contribution is 0.669. The molecule has 4 aromatic heterocycles. The maximum Gasteiger partial charge on any atom is 0.136 e. The zero-order valence-electron chi connectivity index (χ0n) is 27.9. The second-order valence-corrected chi connectivity index (χ2v) is 14.8. The number of rotatable bonds is 3. The predicted octanol–water partition coefficient (Wildman–Crippen LogP) is 13.8. The van der Waals surface area contributed by atoms with Gasteiger partial charge in [-0.15, -0.1) is 11.3 Å². The van der Waals surface area contributed by atoms with Crippen LogP contribution in [0.1, 0.15) is 0 Å². The summed E-state index contributed by atoms with van der Waals surface area (Å²) >= 11 is 1.86. The molecule has 3 nitrogen and oxygen atoms in total. The van der Waals surface area contributed by atoms with E-state index in [0.717, 1.165) is 11.2 Å². The van der Waals surface area contributed by atoms with Crippen molar-refractivity contribution in [3.05, 3.63) is 170 Å². The molecule has 0 saturated heterocycles. The number of thiophene rings is 1. The lowest BCUT2D eigenvalue weighted by Gasteiger charge is -2.09. The summed E-state index contributed by atoms with van der Waals surface area (Å²) in [5, 5.41) is 9.98. The van der Waals surface area contributed by atoms with Crippen molar-refractivity contribution < 1.29 is 4.42 Å². The summed E-state index contributed by atoms with van der Waals surface area (Å²) in [4.78, 5) is 0. The average molecular weight is 681 g/mol. The standard InChI is InChI=1S/C48H28N2OS/c1-2-10-31(11-3-1)49-40-15-7-4-12-33(40)38-26-29(18-23-42(38)49)30-19-24-43-39(27-30)34-13-5-8-16-41(34)50(43)32-20-21-35-36-22-25-45-47(48(36)52-46(35)28-32)37-14-6-9-17-44(37)51-45/h1-28H. The minimum Gasteiger partial charge on any atom is -0.456 e. The van der Waals surface area contributed by atoms with E-state index in [-0.39, 0.29) is 0 Å². The van der Waals surface area contributed by atoms with Crippen LogP contribution in [-0.4, -0.2) is 9.13 Å². The fourth-order valence-corrected chi connectivity index (χ4v) is 9.90. The molecule has 0 aliphatic rings. The maximum absolute atomic E-state index is 6.24. The Morgan fingerprint density at radius 3 is 1.65 bits per heavy atom. The van der Waals surface area contributed by atoms with Gasteiger partial charge in [0, 0.05) is 63.9 Å². The van der Waals surface area contributed by atoms with Crippen molar-refractivity contribution in [1.29, 1.82) is 0 Å². The third-order valence-corrected chi connectivity index (χ3v) is 12.1. The highest BCUT2D eigenvalue weighted by Crippen LogP contribution is 2.44. The molecule has 0 spiro atoms. The molecule has 52 heavy (non-hydrogen) atoms. The summed E-state index contributed by atoms with van der Waals surface area (Å²) in [7, 11) is 0. The van der Waals surface area contributed by atoms with Gasteiger partial charge in [0.1, 0.15) is 11.2 Å². The van der Waals surface area contributed by atoms with Crippen molar-refractivity contribution in [2.45, 2.75) is 0 Å². The second-order valence-electron chi connectivity index (χ2n) is 13.7. The molecule has 8 aromatic carbocycles. The molecule has 0 amide bonds. The van der Waals surface area contributed by atoms with Gasteiger partial charge in [-0.3, -0.25) is 0 Å². The van der Waals surface area contributed by atoms with Crippen LogP contribution in [0.3, 0.4) is 0 Å². The first-order chi connectivity index (χ1) is 25.8. The van der Waals surface area contributed by atoms with Crippen molar-refractivity contribution in [2.24, 2.45) is 0 Å². The molecule has 4 heterocycles. The van der Waals surface area contributed by atoms with Crippen LogP contribution in [0.15, 0.2) is 174 Å². The van der Waals surface area contributed by atoms with E-state index in [9.17, 15) is 0 Å². The van der Waals surface area contributed by atoms with Gasteiger partial charge >= 0.3 is 0 Å². The Bertz CT molecular complexity index is 3410. The summed E-state index contributed by atoms with van der Waals surface area (Å²) in [5.41, 5.74) is 11.5. The molecule has 12 rings (SSSR count). The van der Waals surface area contributed by atoms with Gasteiger partial charge in [0.05, 0.1) is 22.1 Å². The van der Waals surface area contributed by atoms with Gasteiger partial charge in [-0.25, -0.2) is 0 Å². The van der Waals surface area contributed by atoms with Crippen LogP contribution in [0.2, 0.25) is 0 Å². The third-order valence-electron chi connectivity index (χ3n) is 10.9. The molecular weight excluding hydrogens is 653 g/mol. The first-order valence-corrected chi connectivity index (χ1v) is 18.5. The number of hydrogen-bond donors (Lipinski definition) is 0. The van der Waals surface area contributed by atoms with Gasteiger partial charge in [-0.2, -0.15) is 0 Å². The number of nitrogens with zero attached hydrogens (tertiary/aromatic N) is 2. The van der Waals surface area contributed by atoms with Crippen LogP contribution >= 0.6 is 11.3 Å². The van der Waals surface area contributed by atoms with Crippen molar-refractivity contribution in [1.82, 2.24) is 9.13 Å². The van der Waals surface area contributed by atoms with E-state index in [4.69, 9.17) is 4.42 Å². The molecule has 12 aromatic rings. The number of benzene rings is 8. The van der Waals surface area contributed by atoms with Crippen LogP contribution in [-0.2, 0) is 0 Å². The van der Waals surface area contributed by atoms with Gasteiger partial charge < -0.3 is 13.6 Å². The SMILES string of the molecule is c1ccc(-n2c3ccccc3c3cc(-c4ccc5c(c4)c4ccccc4n5-c4ccc5c(c4)sc4c5ccc5oc6ccccc6c54)ccc32)cc1. The third kappa shape index (κ3) is 3.84. The average Bonchev–Trinajstić information content (AvgIpc) is 3.95. The van der Waals surface area contributed by atoms with Gasteiger partial charge in [-0.05, 0) is 90.0 Å². The largest absolute Gasteiger partial charge is 0.456 e. The lowest BCUT2D eigenvalue weighted by Crippen LogP contribution is -1.93. The highest BCUT2D eigenvalue weighted by atomic mass is 32.1. The minimum atomic E-state index is 0.937. The molecule has 0 aliphatic carbocycles. The normalized spacial score (nSPS) is 12.2. The Morgan fingerprint density at radius 2 is 0.942 bits per heavy atom. The summed E-state index contributed by atoms with van der Waals surface area (Å²) < 4.78 is 13.6. The van der Waals surface area contributed by atoms with E-state index in [0.29, 0.717) is 0 Å².